The van der Waals surface area contributed by atoms with E-state index in [1.165, 1.54) is 24.3 Å². The van der Waals surface area contributed by atoms with Crippen LogP contribution in [0.2, 0.25) is 5.02 Å². The Morgan fingerprint density at radius 3 is 2.42 bits per heavy atom. The molecule has 2 rings (SSSR count). The summed E-state index contributed by atoms with van der Waals surface area (Å²) < 4.78 is 26.4. The van der Waals surface area contributed by atoms with Gasteiger partial charge in [0.25, 0.3) is 0 Å². The molecule has 0 spiro atoms. The van der Waals surface area contributed by atoms with Crippen molar-refractivity contribution in [3.8, 4) is 0 Å². The number of halogens is 3. The summed E-state index contributed by atoms with van der Waals surface area (Å²) in [6.07, 6.45) is 0.121. The first-order valence-corrected chi connectivity index (χ1v) is 6.13. The fourth-order valence-corrected chi connectivity index (χ4v) is 2.00. The van der Waals surface area contributed by atoms with Crippen molar-refractivity contribution in [1.82, 2.24) is 0 Å². The van der Waals surface area contributed by atoms with Gasteiger partial charge in [0, 0.05) is 12.8 Å². The quantitative estimate of drug-likeness (QED) is 0.828. The van der Waals surface area contributed by atoms with Gasteiger partial charge in [-0.3, -0.25) is 4.79 Å². The van der Waals surface area contributed by atoms with E-state index in [4.69, 9.17) is 11.6 Å². The van der Waals surface area contributed by atoms with E-state index in [0.29, 0.717) is 11.1 Å². The number of benzene rings is 2. The zero-order valence-corrected chi connectivity index (χ0v) is 10.8. The van der Waals surface area contributed by atoms with Gasteiger partial charge < -0.3 is 0 Å². The first kappa shape index (κ1) is 13.7. The molecule has 0 atom stereocenters. The van der Waals surface area contributed by atoms with E-state index < -0.39 is 11.6 Å². The molecule has 19 heavy (non-hydrogen) atoms. The molecule has 0 saturated heterocycles. The maximum absolute atomic E-state index is 13.4. The topological polar surface area (TPSA) is 17.1 Å². The van der Waals surface area contributed by atoms with E-state index in [1.54, 1.807) is 18.2 Å². The van der Waals surface area contributed by atoms with Gasteiger partial charge in [0.2, 0.25) is 0 Å². The molecule has 0 fully saturated rings. The van der Waals surface area contributed by atoms with Crippen LogP contribution in [0.25, 0.3) is 0 Å². The molecule has 0 N–H and O–H groups in total. The minimum Gasteiger partial charge on any atom is -0.299 e. The summed E-state index contributed by atoms with van der Waals surface area (Å²) in [5, 5.41) is -0.0174. The molecule has 0 heterocycles. The Hall–Kier alpha value is -1.74. The highest BCUT2D eigenvalue weighted by atomic mass is 35.5. The van der Waals surface area contributed by atoms with E-state index in [0.717, 1.165) is 0 Å². The van der Waals surface area contributed by atoms with Crippen LogP contribution in [0.1, 0.15) is 11.1 Å². The van der Waals surface area contributed by atoms with Crippen LogP contribution in [0.15, 0.2) is 42.5 Å². The van der Waals surface area contributed by atoms with Crippen molar-refractivity contribution in [1.29, 1.82) is 0 Å². The second-order valence-electron chi connectivity index (χ2n) is 4.23. The lowest BCUT2D eigenvalue weighted by molar-refractivity contribution is -0.117. The molecule has 0 radical (unpaired) electrons. The summed E-state index contributed by atoms with van der Waals surface area (Å²) in [6, 6.07) is 10.3. The number of Topliss-reactive ketones (excluding diaryl/α,β-unsaturated/α-hetero) is 1. The van der Waals surface area contributed by atoms with Gasteiger partial charge in [-0.1, -0.05) is 35.9 Å². The first-order valence-electron chi connectivity index (χ1n) is 5.75. The monoisotopic (exact) mass is 280 g/mol. The van der Waals surface area contributed by atoms with Crippen molar-refractivity contribution >= 4 is 17.4 Å². The number of hydrogen-bond acceptors (Lipinski definition) is 1. The molecule has 0 aromatic heterocycles. The Balaban J connectivity index is 2.05. The third-order valence-electron chi connectivity index (χ3n) is 2.73. The maximum atomic E-state index is 13.4. The van der Waals surface area contributed by atoms with E-state index in [1.807, 2.05) is 0 Å². The molecule has 98 valence electrons. The molecule has 2 aromatic rings. The van der Waals surface area contributed by atoms with E-state index in [9.17, 15) is 13.6 Å². The Morgan fingerprint density at radius 2 is 1.74 bits per heavy atom. The van der Waals surface area contributed by atoms with E-state index in [-0.39, 0.29) is 23.6 Å². The third-order valence-corrected chi connectivity index (χ3v) is 3.02. The van der Waals surface area contributed by atoms with Crippen molar-refractivity contribution in [2.45, 2.75) is 12.8 Å². The van der Waals surface area contributed by atoms with Crippen LogP contribution in [0, 0.1) is 11.6 Å². The number of carbonyl (C=O) groups is 1. The van der Waals surface area contributed by atoms with Crippen LogP contribution in [-0.4, -0.2) is 5.78 Å². The Labute approximate surface area is 114 Å². The smallest absolute Gasteiger partial charge is 0.141 e. The molecule has 0 aliphatic rings. The summed E-state index contributed by atoms with van der Waals surface area (Å²) in [5.74, 6) is -1.06. The van der Waals surface area contributed by atoms with Gasteiger partial charge in [-0.05, 0) is 29.3 Å². The van der Waals surface area contributed by atoms with Crippen LogP contribution in [-0.2, 0) is 17.6 Å². The molecule has 0 amide bonds. The molecular formula is C15H11ClF2O. The van der Waals surface area contributed by atoms with Crippen molar-refractivity contribution in [3.05, 3.63) is 70.2 Å². The molecule has 0 aliphatic heterocycles. The molecule has 4 heteroatoms. The van der Waals surface area contributed by atoms with Gasteiger partial charge in [-0.25, -0.2) is 8.78 Å². The van der Waals surface area contributed by atoms with Crippen LogP contribution in [0.3, 0.4) is 0 Å². The Morgan fingerprint density at radius 1 is 1.00 bits per heavy atom. The van der Waals surface area contributed by atoms with Gasteiger partial charge in [0.15, 0.2) is 0 Å². The van der Waals surface area contributed by atoms with Crippen LogP contribution >= 0.6 is 11.6 Å². The second kappa shape index (κ2) is 5.93. The molecular weight excluding hydrogens is 270 g/mol. The highest BCUT2D eigenvalue weighted by Crippen LogP contribution is 2.17. The van der Waals surface area contributed by atoms with Crippen LogP contribution in [0.4, 0.5) is 8.78 Å². The minimum atomic E-state index is -0.521. The van der Waals surface area contributed by atoms with Crippen LogP contribution in [0.5, 0.6) is 0 Å². The average molecular weight is 281 g/mol. The molecule has 0 unspecified atom stereocenters. The molecule has 0 bridgehead atoms. The normalized spacial score (nSPS) is 10.5. The lowest BCUT2D eigenvalue weighted by Crippen LogP contribution is -2.08. The lowest BCUT2D eigenvalue weighted by atomic mass is 10.0. The Kier molecular flexibility index (Phi) is 4.27. The van der Waals surface area contributed by atoms with Gasteiger partial charge in [-0.15, -0.1) is 0 Å². The highest BCUT2D eigenvalue weighted by Gasteiger charge is 2.10. The van der Waals surface area contributed by atoms with Crippen LogP contribution < -0.4 is 0 Å². The summed E-state index contributed by atoms with van der Waals surface area (Å²) >= 11 is 5.64. The van der Waals surface area contributed by atoms with Gasteiger partial charge in [-0.2, -0.15) is 0 Å². The highest BCUT2D eigenvalue weighted by molar-refractivity contribution is 6.30. The fourth-order valence-electron chi connectivity index (χ4n) is 1.79. The number of ketones is 1. The lowest BCUT2D eigenvalue weighted by Gasteiger charge is -2.04. The molecule has 1 nitrogen and oxygen atoms in total. The number of rotatable bonds is 4. The predicted octanol–water partition coefficient (Wildman–Crippen LogP) is 3.97. The van der Waals surface area contributed by atoms with E-state index in [2.05, 4.69) is 0 Å². The first-order chi connectivity index (χ1) is 9.06. The second-order valence-corrected chi connectivity index (χ2v) is 4.64. The van der Waals surface area contributed by atoms with Crippen molar-refractivity contribution in [3.63, 3.8) is 0 Å². The number of carbonyl (C=O) groups excluding carboxylic acids is 1. The van der Waals surface area contributed by atoms with Crippen molar-refractivity contribution < 1.29 is 13.6 Å². The summed E-state index contributed by atoms with van der Waals surface area (Å²) in [7, 11) is 0. The van der Waals surface area contributed by atoms with Crippen molar-refractivity contribution in [2.24, 2.45) is 0 Å². The van der Waals surface area contributed by atoms with E-state index >= 15 is 0 Å². The Bertz CT molecular complexity index is 611. The third kappa shape index (κ3) is 3.61. The zero-order valence-electron chi connectivity index (χ0n) is 10.00. The zero-order chi connectivity index (χ0) is 13.8. The standard InChI is InChI=1S/C15H11ClF2O/c16-13-8-10(5-6-15(13)18)7-12(19)9-11-3-1-2-4-14(11)17/h1-6,8H,7,9H2. The maximum Gasteiger partial charge on any atom is 0.141 e. The fraction of sp³-hybridized carbons (Fsp3) is 0.133. The van der Waals surface area contributed by atoms with Gasteiger partial charge in [0.1, 0.15) is 17.4 Å². The summed E-state index contributed by atoms with van der Waals surface area (Å²) in [6.45, 7) is 0. The largest absolute Gasteiger partial charge is 0.299 e. The summed E-state index contributed by atoms with van der Waals surface area (Å²) in [4.78, 5) is 11.8. The molecule has 0 aliphatic carbocycles. The predicted molar refractivity (Wildman–Crippen MR) is 70.2 cm³/mol. The van der Waals surface area contributed by atoms with Gasteiger partial charge in [0.05, 0.1) is 5.02 Å². The van der Waals surface area contributed by atoms with Gasteiger partial charge >= 0.3 is 0 Å². The molecule has 2 aromatic carbocycles. The SMILES string of the molecule is O=C(Cc1ccc(F)c(Cl)c1)Cc1ccccc1F. The number of hydrogen-bond donors (Lipinski definition) is 0. The minimum absolute atomic E-state index is 0.0155. The summed E-state index contributed by atoms with van der Waals surface area (Å²) in [5.41, 5.74) is 0.980. The van der Waals surface area contributed by atoms with Crippen molar-refractivity contribution in [2.75, 3.05) is 0 Å². The molecule has 0 saturated carbocycles. The average Bonchev–Trinajstić information content (AvgIpc) is 2.37.